The molecule has 1 aromatic carbocycles. The molecule has 86 valence electrons. The summed E-state index contributed by atoms with van der Waals surface area (Å²) in [6, 6.07) is 6.78. The normalized spacial score (nSPS) is 23.2. The number of benzene rings is 1. The molecule has 0 bridgehead atoms. The highest BCUT2D eigenvalue weighted by molar-refractivity contribution is 5.74. The van der Waals surface area contributed by atoms with Crippen LogP contribution >= 0.6 is 0 Å². The third-order valence-electron chi connectivity index (χ3n) is 3.23. The molecule has 16 heavy (non-hydrogen) atoms. The summed E-state index contributed by atoms with van der Waals surface area (Å²) in [5.74, 6) is 0.0899. The second kappa shape index (κ2) is 4.74. The summed E-state index contributed by atoms with van der Waals surface area (Å²) in [7, 11) is 2.02. The van der Waals surface area contributed by atoms with Gasteiger partial charge in [-0.1, -0.05) is 24.3 Å². The van der Waals surface area contributed by atoms with Gasteiger partial charge < -0.3 is 4.90 Å². The molecule has 0 spiro atoms. The number of rotatable bonds is 3. The molecule has 1 heterocycles. The lowest BCUT2D eigenvalue weighted by molar-refractivity contribution is 0.112. The van der Waals surface area contributed by atoms with Crippen LogP contribution in [0.1, 0.15) is 28.5 Å². The Bertz CT molecular complexity index is 363. The van der Waals surface area contributed by atoms with Crippen LogP contribution in [0, 0.1) is 5.92 Å². The molecule has 2 unspecified atom stereocenters. The van der Waals surface area contributed by atoms with E-state index in [2.05, 4.69) is 4.90 Å². The maximum atomic E-state index is 14.1. The van der Waals surface area contributed by atoms with Crippen molar-refractivity contribution in [3.63, 3.8) is 0 Å². The van der Waals surface area contributed by atoms with Crippen LogP contribution in [0.2, 0.25) is 0 Å². The van der Waals surface area contributed by atoms with E-state index in [-0.39, 0.29) is 5.92 Å². The van der Waals surface area contributed by atoms with Crippen molar-refractivity contribution in [2.75, 3.05) is 20.1 Å². The average molecular weight is 221 g/mol. The predicted octanol–water partition coefficient (Wildman–Crippen LogP) is 2.46. The lowest BCUT2D eigenvalue weighted by Gasteiger charge is -2.16. The third kappa shape index (κ3) is 2.30. The van der Waals surface area contributed by atoms with Crippen molar-refractivity contribution in [1.82, 2.24) is 4.90 Å². The van der Waals surface area contributed by atoms with Crippen molar-refractivity contribution in [1.29, 1.82) is 0 Å². The summed E-state index contributed by atoms with van der Waals surface area (Å²) in [5.41, 5.74) is 1.28. The summed E-state index contributed by atoms with van der Waals surface area (Å²) in [4.78, 5) is 12.6. The summed E-state index contributed by atoms with van der Waals surface area (Å²) in [6.07, 6.45) is 0.777. The Balaban J connectivity index is 2.08. The van der Waals surface area contributed by atoms with E-state index in [0.717, 1.165) is 25.8 Å². The molecule has 0 aromatic heterocycles. The van der Waals surface area contributed by atoms with Crippen molar-refractivity contribution >= 4 is 6.29 Å². The molecule has 0 aliphatic carbocycles. The number of carbonyl (C=O) groups is 1. The fraction of sp³-hybridized carbons (Fsp3) is 0.462. The molecule has 2 rings (SSSR count). The SMILES string of the molecule is CN1CCC(C(F)c2ccc(C=O)cc2)C1. The molecule has 1 saturated heterocycles. The van der Waals surface area contributed by atoms with Gasteiger partial charge in [0.2, 0.25) is 0 Å². The van der Waals surface area contributed by atoms with Gasteiger partial charge >= 0.3 is 0 Å². The minimum Gasteiger partial charge on any atom is -0.306 e. The molecular weight excluding hydrogens is 205 g/mol. The van der Waals surface area contributed by atoms with Crippen molar-refractivity contribution in [2.45, 2.75) is 12.6 Å². The predicted molar refractivity (Wildman–Crippen MR) is 61.3 cm³/mol. The lowest BCUT2D eigenvalue weighted by Crippen LogP contribution is -2.16. The highest BCUT2D eigenvalue weighted by atomic mass is 19.1. The maximum absolute atomic E-state index is 14.1. The van der Waals surface area contributed by atoms with Gasteiger partial charge in [-0.05, 0) is 25.6 Å². The van der Waals surface area contributed by atoms with Gasteiger partial charge in [-0.3, -0.25) is 4.79 Å². The van der Waals surface area contributed by atoms with Crippen LogP contribution in [-0.2, 0) is 0 Å². The summed E-state index contributed by atoms with van der Waals surface area (Å²) in [5, 5.41) is 0. The van der Waals surface area contributed by atoms with Crippen LogP contribution in [0.25, 0.3) is 0 Å². The molecule has 2 nitrogen and oxygen atoms in total. The summed E-state index contributed by atoms with van der Waals surface area (Å²) in [6.45, 7) is 1.79. The number of nitrogens with zero attached hydrogens (tertiary/aromatic N) is 1. The molecule has 0 amide bonds. The van der Waals surface area contributed by atoms with Crippen LogP contribution in [0.15, 0.2) is 24.3 Å². The van der Waals surface area contributed by atoms with E-state index in [0.29, 0.717) is 11.1 Å². The summed E-state index contributed by atoms with van der Waals surface area (Å²) < 4.78 is 14.1. The second-order valence-electron chi connectivity index (χ2n) is 4.50. The van der Waals surface area contributed by atoms with Gasteiger partial charge in [-0.2, -0.15) is 0 Å². The fourth-order valence-electron chi connectivity index (χ4n) is 2.24. The quantitative estimate of drug-likeness (QED) is 0.731. The second-order valence-corrected chi connectivity index (χ2v) is 4.50. The van der Waals surface area contributed by atoms with Crippen molar-refractivity contribution in [2.24, 2.45) is 5.92 Å². The smallest absolute Gasteiger partial charge is 0.150 e. The molecule has 1 aliphatic rings. The highest BCUT2D eigenvalue weighted by Gasteiger charge is 2.28. The third-order valence-corrected chi connectivity index (χ3v) is 3.23. The van der Waals surface area contributed by atoms with Crippen LogP contribution < -0.4 is 0 Å². The average Bonchev–Trinajstić information content (AvgIpc) is 2.75. The van der Waals surface area contributed by atoms with E-state index < -0.39 is 6.17 Å². The zero-order chi connectivity index (χ0) is 11.5. The Labute approximate surface area is 95.1 Å². The Morgan fingerprint density at radius 1 is 1.44 bits per heavy atom. The number of aldehydes is 1. The minimum absolute atomic E-state index is 0.0899. The Morgan fingerprint density at radius 3 is 2.62 bits per heavy atom. The Kier molecular flexibility index (Phi) is 3.34. The number of hydrogen-bond donors (Lipinski definition) is 0. The number of halogens is 1. The van der Waals surface area contributed by atoms with Gasteiger partial charge in [0.25, 0.3) is 0 Å². The number of likely N-dealkylation sites (tertiary alicyclic amines) is 1. The molecule has 2 atom stereocenters. The molecular formula is C13H16FNO. The largest absolute Gasteiger partial charge is 0.306 e. The van der Waals surface area contributed by atoms with Crippen LogP contribution in [0.5, 0.6) is 0 Å². The molecule has 1 aliphatic heterocycles. The van der Waals surface area contributed by atoms with Gasteiger partial charge in [0, 0.05) is 18.0 Å². The first kappa shape index (κ1) is 11.3. The monoisotopic (exact) mass is 221 g/mol. The van der Waals surface area contributed by atoms with Crippen molar-refractivity contribution in [3.8, 4) is 0 Å². The first-order valence-corrected chi connectivity index (χ1v) is 5.58. The molecule has 0 saturated carbocycles. The van der Waals surface area contributed by atoms with Crippen LogP contribution in [0.4, 0.5) is 4.39 Å². The molecule has 3 heteroatoms. The first-order valence-electron chi connectivity index (χ1n) is 5.58. The van der Waals surface area contributed by atoms with Gasteiger partial charge in [0.1, 0.15) is 12.5 Å². The van der Waals surface area contributed by atoms with E-state index >= 15 is 0 Å². The van der Waals surface area contributed by atoms with E-state index in [1.54, 1.807) is 24.3 Å². The van der Waals surface area contributed by atoms with Crippen LogP contribution in [0.3, 0.4) is 0 Å². The number of carbonyl (C=O) groups excluding carboxylic acids is 1. The van der Waals surface area contributed by atoms with E-state index in [9.17, 15) is 9.18 Å². The van der Waals surface area contributed by atoms with E-state index in [4.69, 9.17) is 0 Å². The molecule has 0 N–H and O–H groups in total. The van der Waals surface area contributed by atoms with Gasteiger partial charge in [0.05, 0.1) is 0 Å². The standard InChI is InChI=1S/C13H16FNO/c1-15-7-6-12(8-15)13(14)11-4-2-10(9-16)3-5-11/h2-5,9,12-13H,6-8H2,1H3. The Morgan fingerprint density at radius 2 is 2.12 bits per heavy atom. The topological polar surface area (TPSA) is 20.3 Å². The zero-order valence-corrected chi connectivity index (χ0v) is 9.40. The van der Waals surface area contributed by atoms with E-state index in [1.165, 1.54) is 0 Å². The van der Waals surface area contributed by atoms with Crippen molar-refractivity contribution in [3.05, 3.63) is 35.4 Å². The fourth-order valence-corrected chi connectivity index (χ4v) is 2.24. The van der Waals surface area contributed by atoms with Gasteiger partial charge in [-0.25, -0.2) is 4.39 Å². The number of alkyl halides is 1. The Hall–Kier alpha value is -1.22. The van der Waals surface area contributed by atoms with Crippen LogP contribution in [-0.4, -0.2) is 31.3 Å². The molecule has 0 radical (unpaired) electrons. The molecule has 1 aromatic rings. The van der Waals surface area contributed by atoms with Gasteiger partial charge in [-0.15, -0.1) is 0 Å². The summed E-state index contributed by atoms with van der Waals surface area (Å²) >= 11 is 0. The molecule has 1 fully saturated rings. The zero-order valence-electron chi connectivity index (χ0n) is 9.40. The number of hydrogen-bond acceptors (Lipinski definition) is 2. The maximum Gasteiger partial charge on any atom is 0.150 e. The van der Waals surface area contributed by atoms with Gasteiger partial charge in [0.15, 0.2) is 0 Å². The lowest BCUT2D eigenvalue weighted by atomic mass is 9.96. The van der Waals surface area contributed by atoms with Crippen molar-refractivity contribution < 1.29 is 9.18 Å². The first-order chi connectivity index (χ1) is 7.70. The van der Waals surface area contributed by atoms with E-state index in [1.807, 2.05) is 7.05 Å². The highest BCUT2D eigenvalue weighted by Crippen LogP contribution is 2.32. The minimum atomic E-state index is -0.911.